The quantitative estimate of drug-likeness (QED) is 0.876. The van der Waals surface area contributed by atoms with Crippen LogP contribution in [0, 0.1) is 0 Å². The molecule has 1 amide bonds. The van der Waals surface area contributed by atoms with E-state index in [2.05, 4.69) is 23.2 Å². The summed E-state index contributed by atoms with van der Waals surface area (Å²) < 4.78 is 0. The molecule has 116 valence electrons. The Balaban J connectivity index is 1.84. The Bertz CT molecular complexity index is 815. The first kappa shape index (κ1) is 13.9. The van der Waals surface area contributed by atoms with Crippen LogP contribution in [0.4, 0.5) is 0 Å². The minimum Gasteiger partial charge on any atom is -0.369 e. The van der Waals surface area contributed by atoms with Crippen LogP contribution in [0.15, 0.2) is 47.7 Å². The van der Waals surface area contributed by atoms with Crippen LogP contribution in [0.3, 0.4) is 0 Å². The van der Waals surface area contributed by atoms with Crippen LogP contribution < -0.4 is 5.73 Å². The molecule has 0 radical (unpaired) electrons. The Morgan fingerprint density at radius 2 is 2.13 bits per heavy atom. The summed E-state index contributed by atoms with van der Waals surface area (Å²) in [7, 11) is 1.68. The van der Waals surface area contributed by atoms with Gasteiger partial charge in [-0.3, -0.25) is 14.7 Å². The maximum atomic E-state index is 12.3. The lowest BCUT2D eigenvalue weighted by Gasteiger charge is -2.34. The van der Waals surface area contributed by atoms with Gasteiger partial charge in [-0.25, -0.2) is 4.99 Å². The lowest BCUT2D eigenvalue weighted by Crippen LogP contribution is -2.47. The maximum absolute atomic E-state index is 12.3. The largest absolute Gasteiger partial charge is 0.369 e. The van der Waals surface area contributed by atoms with Crippen LogP contribution in [0.25, 0.3) is 11.1 Å². The van der Waals surface area contributed by atoms with E-state index >= 15 is 0 Å². The molecule has 1 spiro atoms. The van der Waals surface area contributed by atoms with Crippen LogP contribution in [0.2, 0.25) is 0 Å². The first-order chi connectivity index (χ1) is 11.1. The molecule has 0 fully saturated rings. The number of aliphatic imine (C=N–C) groups is 1. The first-order valence-electron chi connectivity index (χ1n) is 7.75. The molecule has 0 unspecified atom stereocenters. The van der Waals surface area contributed by atoms with Gasteiger partial charge in [0.2, 0.25) is 5.91 Å². The highest BCUT2D eigenvalue weighted by molar-refractivity contribution is 5.99. The van der Waals surface area contributed by atoms with Crippen molar-refractivity contribution < 1.29 is 4.79 Å². The third kappa shape index (κ3) is 2.11. The second kappa shape index (κ2) is 4.91. The van der Waals surface area contributed by atoms with Gasteiger partial charge in [-0.2, -0.15) is 0 Å². The van der Waals surface area contributed by atoms with Gasteiger partial charge in [0.15, 0.2) is 5.96 Å². The molecule has 2 N–H and O–H groups in total. The highest BCUT2D eigenvalue weighted by atomic mass is 16.2. The fourth-order valence-corrected chi connectivity index (χ4v) is 3.55. The number of pyridine rings is 1. The van der Waals surface area contributed by atoms with Crippen molar-refractivity contribution in [3.05, 3.63) is 53.9 Å². The van der Waals surface area contributed by atoms with Gasteiger partial charge < -0.3 is 5.73 Å². The summed E-state index contributed by atoms with van der Waals surface area (Å²) in [5.74, 6) is 0.331. The van der Waals surface area contributed by atoms with E-state index in [1.165, 1.54) is 10.5 Å². The van der Waals surface area contributed by atoms with Crippen LogP contribution in [-0.2, 0) is 16.8 Å². The van der Waals surface area contributed by atoms with Crippen molar-refractivity contribution in [2.24, 2.45) is 10.7 Å². The lowest BCUT2D eigenvalue weighted by molar-refractivity contribution is -0.128. The second-order valence-corrected chi connectivity index (χ2v) is 6.24. The van der Waals surface area contributed by atoms with Gasteiger partial charge in [-0.1, -0.05) is 18.2 Å². The summed E-state index contributed by atoms with van der Waals surface area (Å²) in [5, 5.41) is 0. The molecule has 2 aromatic rings. The minimum atomic E-state index is -0.499. The van der Waals surface area contributed by atoms with Gasteiger partial charge in [0.1, 0.15) is 0 Å². The molecular weight excluding hydrogens is 288 g/mol. The third-order valence-electron chi connectivity index (χ3n) is 4.90. The van der Waals surface area contributed by atoms with Crippen molar-refractivity contribution in [2.45, 2.75) is 24.8 Å². The fraction of sp³-hybridized carbons (Fsp3) is 0.278. The van der Waals surface area contributed by atoms with E-state index in [0.717, 1.165) is 29.5 Å². The number of nitrogens with zero attached hydrogens (tertiary/aromatic N) is 3. The molecule has 2 aliphatic rings. The second-order valence-electron chi connectivity index (χ2n) is 6.24. The molecule has 0 saturated heterocycles. The van der Waals surface area contributed by atoms with E-state index in [1.807, 2.05) is 18.3 Å². The fourth-order valence-electron chi connectivity index (χ4n) is 3.55. The predicted octanol–water partition coefficient (Wildman–Crippen LogP) is 2.07. The molecule has 4 rings (SSSR count). The molecule has 1 aliphatic heterocycles. The number of amides is 1. The number of guanidine groups is 1. The van der Waals surface area contributed by atoms with Crippen molar-refractivity contribution in [3.63, 3.8) is 0 Å². The highest BCUT2D eigenvalue weighted by Crippen LogP contribution is 2.45. The number of carbonyl (C=O) groups is 1. The Kier molecular flexibility index (Phi) is 2.98. The molecule has 1 aromatic carbocycles. The topological polar surface area (TPSA) is 71.6 Å². The molecule has 23 heavy (non-hydrogen) atoms. The molecule has 0 saturated carbocycles. The summed E-state index contributed by atoms with van der Waals surface area (Å²) in [6, 6.07) is 10.4. The standard InChI is InChI=1S/C18H18N4O/c1-22-16(23)10-18(21-17(22)19)7-6-12-4-5-13(9-15(12)18)14-3-2-8-20-11-14/h2-5,8-9,11H,6-7,10H2,1H3,(H2,19,21)/t18-/m0/s1. The Hall–Kier alpha value is -2.69. The van der Waals surface area contributed by atoms with Crippen molar-refractivity contribution in [2.75, 3.05) is 7.05 Å². The van der Waals surface area contributed by atoms with E-state index in [4.69, 9.17) is 10.7 Å². The van der Waals surface area contributed by atoms with Gasteiger partial charge in [0.05, 0.1) is 12.0 Å². The van der Waals surface area contributed by atoms with Crippen LogP contribution in [0.5, 0.6) is 0 Å². The average molecular weight is 306 g/mol. The highest BCUT2D eigenvalue weighted by Gasteiger charge is 2.44. The molecule has 1 aromatic heterocycles. The Labute approximate surface area is 134 Å². The molecule has 1 aliphatic carbocycles. The zero-order chi connectivity index (χ0) is 16.0. The zero-order valence-corrected chi connectivity index (χ0v) is 13.0. The number of carbonyl (C=O) groups excluding carboxylic acids is 1. The number of aromatic nitrogens is 1. The number of hydrogen-bond acceptors (Lipinski definition) is 4. The number of hydrogen-bond donors (Lipinski definition) is 1. The number of fused-ring (bicyclic) bond motifs is 2. The lowest BCUT2D eigenvalue weighted by atomic mass is 9.86. The minimum absolute atomic E-state index is 0.0251. The summed E-state index contributed by atoms with van der Waals surface area (Å²) in [5.41, 5.74) is 10.0. The molecule has 1 atom stereocenters. The van der Waals surface area contributed by atoms with E-state index in [1.54, 1.807) is 13.2 Å². The van der Waals surface area contributed by atoms with E-state index < -0.39 is 5.54 Å². The predicted molar refractivity (Wildman–Crippen MR) is 88.7 cm³/mol. The summed E-state index contributed by atoms with van der Waals surface area (Å²) >= 11 is 0. The van der Waals surface area contributed by atoms with E-state index in [0.29, 0.717) is 12.4 Å². The number of nitrogens with two attached hydrogens (primary N) is 1. The molecule has 0 bridgehead atoms. The molecule has 5 heteroatoms. The van der Waals surface area contributed by atoms with Gasteiger partial charge in [0.25, 0.3) is 0 Å². The molecule has 5 nitrogen and oxygen atoms in total. The van der Waals surface area contributed by atoms with Crippen molar-refractivity contribution in [1.29, 1.82) is 0 Å². The smallest absolute Gasteiger partial charge is 0.231 e. The Morgan fingerprint density at radius 1 is 1.26 bits per heavy atom. The van der Waals surface area contributed by atoms with E-state index in [-0.39, 0.29) is 5.91 Å². The monoisotopic (exact) mass is 306 g/mol. The number of rotatable bonds is 1. The summed E-state index contributed by atoms with van der Waals surface area (Å²) in [4.78, 5) is 22.6. The normalized spacial score (nSPS) is 23.1. The zero-order valence-electron chi connectivity index (χ0n) is 13.0. The third-order valence-corrected chi connectivity index (χ3v) is 4.90. The van der Waals surface area contributed by atoms with Gasteiger partial charge in [-0.15, -0.1) is 0 Å². The van der Waals surface area contributed by atoms with Crippen LogP contribution >= 0.6 is 0 Å². The Morgan fingerprint density at radius 3 is 2.87 bits per heavy atom. The van der Waals surface area contributed by atoms with Crippen LogP contribution in [0.1, 0.15) is 24.0 Å². The number of benzene rings is 1. The van der Waals surface area contributed by atoms with Gasteiger partial charge in [-0.05, 0) is 47.2 Å². The maximum Gasteiger partial charge on any atom is 0.231 e. The SMILES string of the molecule is CN1C(=O)C[C@]2(CCc3ccc(-c4cccnc4)cc32)N=C1N. The number of aryl methyl sites for hydroxylation is 1. The summed E-state index contributed by atoms with van der Waals surface area (Å²) in [6.45, 7) is 0. The van der Waals surface area contributed by atoms with Crippen LogP contribution in [-0.4, -0.2) is 28.8 Å². The molecule has 2 heterocycles. The van der Waals surface area contributed by atoms with Crippen molar-refractivity contribution in [3.8, 4) is 11.1 Å². The van der Waals surface area contributed by atoms with Crippen molar-refractivity contribution >= 4 is 11.9 Å². The molecular formula is C18H18N4O. The summed E-state index contributed by atoms with van der Waals surface area (Å²) in [6.07, 6.45) is 5.75. The first-order valence-corrected chi connectivity index (χ1v) is 7.75. The van der Waals surface area contributed by atoms with Gasteiger partial charge in [0, 0.05) is 19.4 Å². The van der Waals surface area contributed by atoms with Crippen molar-refractivity contribution in [1.82, 2.24) is 9.88 Å². The van der Waals surface area contributed by atoms with E-state index in [9.17, 15) is 4.79 Å². The average Bonchev–Trinajstić information content (AvgIpc) is 2.91. The van der Waals surface area contributed by atoms with Gasteiger partial charge >= 0.3 is 0 Å².